The van der Waals surface area contributed by atoms with Gasteiger partial charge in [-0.2, -0.15) is 0 Å². The Morgan fingerprint density at radius 2 is 2.00 bits per heavy atom. The van der Waals surface area contributed by atoms with Gasteiger partial charge in [-0.05, 0) is 50.8 Å². The minimum Gasteiger partial charge on any atom is -0.466 e. The van der Waals surface area contributed by atoms with Gasteiger partial charge in [0, 0.05) is 11.4 Å². The lowest BCUT2D eigenvalue weighted by molar-refractivity contribution is -0.142. The predicted octanol–water partition coefficient (Wildman–Crippen LogP) is 3.20. The maximum Gasteiger partial charge on any atom is 0.306 e. The third-order valence-electron chi connectivity index (χ3n) is 3.01. The van der Waals surface area contributed by atoms with Crippen LogP contribution in [-0.4, -0.2) is 24.5 Å². The van der Waals surface area contributed by atoms with Crippen LogP contribution in [0.15, 0.2) is 22.3 Å². The summed E-state index contributed by atoms with van der Waals surface area (Å²) < 4.78 is 4.91. The summed E-state index contributed by atoms with van der Waals surface area (Å²) >= 11 is 5.67. The highest BCUT2D eigenvalue weighted by Crippen LogP contribution is 2.63. The average molecular weight is 286 g/mol. The zero-order valence-corrected chi connectivity index (χ0v) is 13.0. The van der Waals surface area contributed by atoms with Gasteiger partial charge in [-0.25, -0.2) is 0 Å². The summed E-state index contributed by atoms with van der Waals surface area (Å²) in [6.45, 7) is 7.61. The molecule has 0 aromatic carbocycles. The molecule has 0 aromatic rings. The van der Waals surface area contributed by atoms with Crippen molar-refractivity contribution in [2.75, 3.05) is 12.8 Å². The number of rotatable bonds is 5. The van der Waals surface area contributed by atoms with Gasteiger partial charge < -0.3 is 4.74 Å². The highest BCUT2D eigenvalue weighted by Gasteiger charge is 2.31. The Balaban J connectivity index is 2.90. The van der Waals surface area contributed by atoms with E-state index in [1.807, 2.05) is 19.7 Å². The average Bonchev–Trinajstić information content (AvgIpc) is 2.48. The molecule has 1 atom stereocenters. The Labute approximate surface area is 113 Å². The first-order chi connectivity index (χ1) is 8.31. The Kier molecular flexibility index (Phi) is 5.06. The fraction of sp³-hybridized carbons (Fsp3) is 0.538. The smallest absolute Gasteiger partial charge is 0.306 e. The molecule has 0 N–H and O–H groups in total. The SMILES string of the molecule is CCOC(=O)CCP1(=S)C=C(C)C(C)=C1C(C)=O. The number of carbonyl (C=O) groups excluding carboxylic acids is 2. The molecular formula is C13H19O3PS. The molecule has 18 heavy (non-hydrogen) atoms. The van der Waals surface area contributed by atoms with Crippen LogP contribution in [0.3, 0.4) is 0 Å². The third-order valence-corrected chi connectivity index (χ3v) is 7.53. The number of ether oxygens (including phenoxy) is 1. The van der Waals surface area contributed by atoms with Gasteiger partial charge in [0.05, 0.1) is 13.0 Å². The summed E-state index contributed by atoms with van der Waals surface area (Å²) in [5.74, 6) is 1.82. The summed E-state index contributed by atoms with van der Waals surface area (Å²) in [7, 11) is 0. The maximum atomic E-state index is 11.7. The predicted molar refractivity (Wildman–Crippen MR) is 77.5 cm³/mol. The molecule has 0 saturated carbocycles. The van der Waals surface area contributed by atoms with Crippen LogP contribution in [0.5, 0.6) is 0 Å². The van der Waals surface area contributed by atoms with Crippen LogP contribution in [0.2, 0.25) is 0 Å². The fourth-order valence-corrected chi connectivity index (χ4v) is 6.78. The highest BCUT2D eigenvalue weighted by atomic mass is 32.4. The summed E-state index contributed by atoms with van der Waals surface area (Å²) in [6.07, 6.45) is 0.837. The van der Waals surface area contributed by atoms with Crippen molar-refractivity contribution in [1.82, 2.24) is 0 Å². The topological polar surface area (TPSA) is 43.4 Å². The monoisotopic (exact) mass is 286 g/mol. The molecule has 5 heteroatoms. The molecule has 1 unspecified atom stereocenters. The molecule has 1 aliphatic heterocycles. The minimum atomic E-state index is -2.03. The van der Waals surface area contributed by atoms with E-state index in [-0.39, 0.29) is 11.8 Å². The van der Waals surface area contributed by atoms with Crippen LogP contribution in [0.25, 0.3) is 0 Å². The zero-order chi connectivity index (χ0) is 13.9. The van der Waals surface area contributed by atoms with E-state index in [9.17, 15) is 9.59 Å². The molecule has 1 heterocycles. The van der Waals surface area contributed by atoms with Gasteiger partial charge in [-0.15, -0.1) is 0 Å². The normalized spacial score (nSPS) is 23.0. The fourth-order valence-electron chi connectivity index (χ4n) is 2.14. The molecule has 3 nitrogen and oxygen atoms in total. The van der Waals surface area contributed by atoms with Crippen LogP contribution in [-0.2, 0) is 26.1 Å². The van der Waals surface area contributed by atoms with Crippen molar-refractivity contribution in [2.45, 2.75) is 34.1 Å². The highest BCUT2D eigenvalue weighted by molar-refractivity contribution is 8.18. The molecule has 1 aliphatic rings. The van der Waals surface area contributed by atoms with Gasteiger partial charge >= 0.3 is 5.97 Å². The first-order valence-corrected chi connectivity index (χ1v) is 9.04. The Morgan fingerprint density at radius 1 is 1.39 bits per heavy atom. The molecule has 0 aromatic heterocycles. The summed E-state index contributed by atoms with van der Waals surface area (Å²) in [5, 5.41) is 0.763. The quantitative estimate of drug-likeness (QED) is 0.575. The largest absolute Gasteiger partial charge is 0.466 e. The van der Waals surface area contributed by atoms with Gasteiger partial charge in [-0.1, -0.05) is 11.8 Å². The number of hydrogen-bond donors (Lipinski definition) is 0. The molecule has 0 radical (unpaired) electrons. The number of carbonyl (C=O) groups is 2. The Morgan fingerprint density at radius 3 is 2.50 bits per heavy atom. The van der Waals surface area contributed by atoms with E-state index in [1.54, 1.807) is 13.8 Å². The maximum absolute atomic E-state index is 11.7. The van der Waals surface area contributed by atoms with E-state index in [0.717, 1.165) is 16.5 Å². The number of allylic oxidation sites excluding steroid dienone is 3. The minimum absolute atomic E-state index is 0.0350. The number of ketones is 1. The summed E-state index contributed by atoms with van der Waals surface area (Å²) in [6, 6.07) is -2.03. The van der Waals surface area contributed by atoms with E-state index in [0.29, 0.717) is 19.2 Å². The van der Waals surface area contributed by atoms with E-state index >= 15 is 0 Å². The first kappa shape index (κ1) is 15.3. The van der Waals surface area contributed by atoms with E-state index in [1.165, 1.54) is 0 Å². The number of Topliss-reactive ketones (excluding diaryl/α,β-unsaturated/α-hetero) is 1. The van der Waals surface area contributed by atoms with E-state index in [2.05, 4.69) is 0 Å². The zero-order valence-electron chi connectivity index (χ0n) is 11.3. The second-order valence-corrected chi connectivity index (χ2v) is 9.11. The van der Waals surface area contributed by atoms with Crippen molar-refractivity contribution in [3.05, 3.63) is 22.3 Å². The number of hydrogen-bond acceptors (Lipinski definition) is 4. The summed E-state index contributed by atoms with van der Waals surface area (Å²) in [4.78, 5) is 23.2. The second kappa shape index (κ2) is 5.94. The van der Waals surface area contributed by atoms with Crippen molar-refractivity contribution in [1.29, 1.82) is 0 Å². The van der Waals surface area contributed by atoms with Gasteiger partial charge in [0.1, 0.15) is 0 Å². The lowest BCUT2D eigenvalue weighted by Crippen LogP contribution is -2.07. The van der Waals surface area contributed by atoms with Crippen molar-refractivity contribution in [3.8, 4) is 0 Å². The van der Waals surface area contributed by atoms with Gasteiger partial charge in [0.15, 0.2) is 5.78 Å². The Bertz CT molecular complexity index is 488. The molecule has 0 aliphatic carbocycles. The lowest BCUT2D eigenvalue weighted by atomic mass is 10.1. The molecule has 0 bridgehead atoms. The van der Waals surface area contributed by atoms with E-state index in [4.69, 9.17) is 16.5 Å². The first-order valence-electron chi connectivity index (χ1n) is 5.98. The second-order valence-electron chi connectivity index (χ2n) is 4.42. The van der Waals surface area contributed by atoms with Crippen LogP contribution >= 0.6 is 6.04 Å². The van der Waals surface area contributed by atoms with Gasteiger partial charge in [0.2, 0.25) is 0 Å². The molecular weight excluding hydrogens is 267 g/mol. The molecule has 1 rings (SSSR count). The summed E-state index contributed by atoms with van der Waals surface area (Å²) in [5.41, 5.74) is 2.07. The van der Waals surface area contributed by atoms with Gasteiger partial charge in [0.25, 0.3) is 0 Å². The van der Waals surface area contributed by atoms with Crippen molar-refractivity contribution >= 4 is 29.6 Å². The third kappa shape index (κ3) is 3.18. The lowest BCUT2D eigenvalue weighted by Gasteiger charge is -2.16. The van der Waals surface area contributed by atoms with Crippen LogP contribution in [0, 0.1) is 0 Å². The van der Waals surface area contributed by atoms with E-state index < -0.39 is 6.04 Å². The van der Waals surface area contributed by atoms with Crippen LogP contribution in [0.1, 0.15) is 34.1 Å². The molecule has 100 valence electrons. The van der Waals surface area contributed by atoms with Crippen molar-refractivity contribution < 1.29 is 14.3 Å². The molecule has 0 amide bonds. The molecule has 0 fully saturated rings. The van der Waals surface area contributed by atoms with Crippen molar-refractivity contribution in [3.63, 3.8) is 0 Å². The van der Waals surface area contributed by atoms with Crippen molar-refractivity contribution in [2.24, 2.45) is 0 Å². The molecule has 0 saturated heterocycles. The standard InChI is InChI=1S/C13H19O3PS/c1-5-16-12(15)6-7-17(18)8-9(2)10(3)13(17)11(4)14/h8H,5-7H2,1-4H3. The number of esters is 1. The van der Waals surface area contributed by atoms with Crippen LogP contribution in [0.4, 0.5) is 0 Å². The van der Waals surface area contributed by atoms with Gasteiger partial charge in [-0.3, -0.25) is 9.59 Å². The van der Waals surface area contributed by atoms with Crippen LogP contribution < -0.4 is 0 Å². The molecule has 0 spiro atoms. The Hall–Kier alpha value is -0.730.